The Morgan fingerprint density at radius 1 is 1.43 bits per heavy atom. The van der Waals surface area contributed by atoms with Gasteiger partial charge in [0.25, 0.3) is 0 Å². The lowest BCUT2D eigenvalue weighted by Crippen LogP contribution is -2.05. The van der Waals surface area contributed by atoms with Crippen molar-refractivity contribution in [3.05, 3.63) is 23.9 Å². The molecule has 0 bridgehead atoms. The van der Waals surface area contributed by atoms with Crippen molar-refractivity contribution in [2.24, 2.45) is 0 Å². The topological polar surface area (TPSA) is 30.0 Å². The molecule has 0 aliphatic carbocycles. The zero-order valence-corrected chi connectivity index (χ0v) is 7.95. The number of hydrogen-bond acceptors (Lipinski definition) is 3. The van der Waals surface area contributed by atoms with E-state index in [9.17, 15) is 18.0 Å². The van der Waals surface area contributed by atoms with E-state index in [-0.39, 0.29) is 10.1 Å². The molecule has 1 heterocycles. The molecule has 0 spiro atoms. The summed E-state index contributed by atoms with van der Waals surface area (Å²) in [5, 5.41) is 0.0581. The van der Waals surface area contributed by atoms with E-state index >= 15 is 0 Å². The van der Waals surface area contributed by atoms with Crippen LogP contribution in [0.15, 0.2) is 23.4 Å². The Morgan fingerprint density at radius 2 is 2.07 bits per heavy atom. The first-order valence-electron chi connectivity index (χ1n) is 3.61. The van der Waals surface area contributed by atoms with Crippen molar-refractivity contribution in [2.45, 2.75) is 18.1 Å². The lowest BCUT2D eigenvalue weighted by molar-refractivity contribution is -0.137. The molecule has 0 fully saturated rings. The first-order chi connectivity index (χ1) is 6.39. The van der Waals surface area contributed by atoms with E-state index in [0.717, 1.165) is 17.8 Å². The second kappa shape index (κ2) is 4.00. The summed E-state index contributed by atoms with van der Waals surface area (Å²) in [5.74, 6) is 0. The standard InChI is InChI=1S/C8H6F3NOS/c1-5(13)14-7-3-2-6(4-12-7)8(9,10)11/h2-4H,1H3. The fourth-order valence-electron chi connectivity index (χ4n) is 0.756. The first kappa shape index (κ1) is 11.0. The second-order valence-electron chi connectivity index (χ2n) is 2.48. The van der Waals surface area contributed by atoms with Crippen LogP contribution in [-0.4, -0.2) is 10.1 Å². The van der Waals surface area contributed by atoms with E-state index in [1.54, 1.807) is 0 Å². The van der Waals surface area contributed by atoms with Gasteiger partial charge in [-0.2, -0.15) is 13.2 Å². The van der Waals surface area contributed by atoms with Crippen LogP contribution in [0.25, 0.3) is 0 Å². The van der Waals surface area contributed by atoms with Gasteiger partial charge >= 0.3 is 6.18 Å². The highest BCUT2D eigenvalue weighted by atomic mass is 32.2. The SMILES string of the molecule is CC(=O)Sc1ccc(C(F)(F)F)cn1. The van der Waals surface area contributed by atoms with Crippen LogP contribution in [0.2, 0.25) is 0 Å². The fraction of sp³-hybridized carbons (Fsp3) is 0.250. The van der Waals surface area contributed by atoms with Gasteiger partial charge in [0.05, 0.1) is 5.56 Å². The summed E-state index contributed by atoms with van der Waals surface area (Å²) in [4.78, 5) is 14.1. The van der Waals surface area contributed by atoms with Crippen LogP contribution < -0.4 is 0 Å². The zero-order chi connectivity index (χ0) is 10.8. The highest BCUT2D eigenvalue weighted by molar-refractivity contribution is 8.13. The minimum absolute atomic E-state index is 0.211. The molecule has 0 atom stereocenters. The molecule has 76 valence electrons. The predicted octanol–water partition coefficient (Wildman–Crippen LogP) is 2.74. The summed E-state index contributed by atoms with van der Waals surface area (Å²) in [6.45, 7) is 1.32. The molecule has 0 N–H and O–H groups in total. The minimum atomic E-state index is -4.38. The number of carbonyl (C=O) groups is 1. The van der Waals surface area contributed by atoms with Gasteiger partial charge in [-0.15, -0.1) is 0 Å². The predicted molar refractivity (Wildman–Crippen MR) is 45.8 cm³/mol. The summed E-state index contributed by atoms with van der Waals surface area (Å²) in [7, 11) is 0. The molecule has 1 rings (SSSR count). The van der Waals surface area contributed by atoms with Crippen LogP contribution in [0, 0.1) is 0 Å². The molecule has 0 radical (unpaired) electrons. The number of aromatic nitrogens is 1. The number of thioether (sulfide) groups is 1. The largest absolute Gasteiger partial charge is 0.417 e. The van der Waals surface area contributed by atoms with Gasteiger partial charge in [0.15, 0.2) is 5.12 Å². The number of rotatable bonds is 1. The third kappa shape index (κ3) is 3.02. The van der Waals surface area contributed by atoms with Crippen LogP contribution >= 0.6 is 11.8 Å². The third-order valence-electron chi connectivity index (χ3n) is 1.31. The van der Waals surface area contributed by atoms with Crippen molar-refractivity contribution in [3.8, 4) is 0 Å². The van der Waals surface area contributed by atoms with Crippen molar-refractivity contribution < 1.29 is 18.0 Å². The van der Waals surface area contributed by atoms with Gasteiger partial charge in [0, 0.05) is 13.1 Å². The number of nitrogens with zero attached hydrogens (tertiary/aromatic N) is 1. The van der Waals surface area contributed by atoms with Gasteiger partial charge in [0.2, 0.25) is 0 Å². The summed E-state index contributed by atoms with van der Waals surface area (Å²) < 4.78 is 36.2. The number of pyridine rings is 1. The molecule has 1 aromatic heterocycles. The highest BCUT2D eigenvalue weighted by Crippen LogP contribution is 2.29. The zero-order valence-electron chi connectivity index (χ0n) is 7.13. The number of alkyl halides is 3. The van der Waals surface area contributed by atoms with Gasteiger partial charge in [-0.1, -0.05) is 0 Å². The lowest BCUT2D eigenvalue weighted by Gasteiger charge is -2.05. The van der Waals surface area contributed by atoms with Gasteiger partial charge in [-0.25, -0.2) is 4.98 Å². The van der Waals surface area contributed by atoms with Crippen molar-refractivity contribution in [3.63, 3.8) is 0 Å². The van der Waals surface area contributed by atoms with Crippen LogP contribution in [0.5, 0.6) is 0 Å². The van der Waals surface area contributed by atoms with Crippen molar-refractivity contribution >= 4 is 16.9 Å². The van der Waals surface area contributed by atoms with Crippen molar-refractivity contribution in [1.82, 2.24) is 4.98 Å². The summed E-state index contributed by atoms with van der Waals surface area (Å²) in [6, 6.07) is 2.08. The van der Waals surface area contributed by atoms with Crippen molar-refractivity contribution in [2.75, 3.05) is 0 Å². The Kier molecular flexibility index (Phi) is 3.15. The Hall–Kier alpha value is -1.04. The number of hydrogen-bond donors (Lipinski definition) is 0. The summed E-state index contributed by atoms with van der Waals surface area (Å²) in [6.07, 6.45) is -3.67. The van der Waals surface area contributed by atoms with Gasteiger partial charge < -0.3 is 0 Å². The van der Waals surface area contributed by atoms with Crippen LogP contribution in [-0.2, 0) is 11.0 Å². The molecule has 0 unspecified atom stereocenters. The van der Waals surface area contributed by atoms with E-state index in [1.807, 2.05) is 0 Å². The van der Waals surface area contributed by atoms with Crippen LogP contribution in [0.1, 0.15) is 12.5 Å². The molecule has 0 saturated carbocycles. The number of halogens is 3. The molecule has 0 amide bonds. The maximum absolute atomic E-state index is 12.1. The maximum Gasteiger partial charge on any atom is 0.417 e. The van der Waals surface area contributed by atoms with Gasteiger partial charge in [-0.05, 0) is 23.9 Å². The molecule has 14 heavy (non-hydrogen) atoms. The molecule has 1 aromatic rings. The summed E-state index contributed by atoms with van der Waals surface area (Å²) >= 11 is 0.800. The van der Waals surface area contributed by atoms with E-state index in [1.165, 1.54) is 13.0 Å². The monoisotopic (exact) mass is 221 g/mol. The molecule has 0 saturated heterocycles. The quantitative estimate of drug-likeness (QED) is 0.683. The molecule has 0 aromatic carbocycles. The molecule has 6 heteroatoms. The Bertz CT molecular complexity index is 333. The number of carbonyl (C=O) groups excluding carboxylic acids is 1. The minimum Gasteiger partial charge on any atom is -0.287 e. The van der Waals surface area contributed by atoms with Crippen molar-refractivity contribution in [1.29, 1.82) is 0 Å². The van der Waals surface area contributed by atoms with E-state index in [4.69, 9.17) is 0 Å². The highest BCUT2D eigenvalue weighted by Gasteiger charge is 2.30. The third-order valence-corrected chi connectivity index (χ3v) is 2.05. The van der Waals surface area contributed by atoms with Gasteiger partial charge in [-0.3, -0.25) is 4.79 Å². The lowest BCUT2D eigenvalue weighted by atomic mass is 10.3. The first-order valence-corrected chi connectivity index (χ1v) is 4.43. The van der Waals surface area contributed by atoms with Gasteiger partial charge in [0.1, 0.15) is 5.03 Å². The van der Waals surface area contributed by atoms with E-state index in [0.29, 0.717) is 6.20 Å². The molecular weight excluding hydrogens is 215 g/mol. The van der Waals surface area contributed by atoms with Crippen LogP contribution in [0.3, 0.4) is 0 Å². The molecular formula is C8H6F3NOS. The average molecular weight is 221 g/mol. The average Bonchev–Trinajstić information content (AvgIpc) is 2.02. The fourth-order valence-corrected chi connectivity index (χ4v) is 1.29. The smallest absolute Gasteiger partial charge is 0.287 e. The summed E-state index contributed by atoms with van der Waals surface area (Å²) in [5.41, 5.74) is -0.814. The molecule has 2 nitrogen and oxygen atoms in total. The second-order valence-corrected chi connectivity index (χ2v) is 3.67. The van der Waals surface area contributed by atoms with E-state index < -0.39 is 11.7 Å². The normalized spacial score (nSPS) is 11.4. The maximum atomic E-state index is 12.1. The van der Waals surface area contributed by atoms with Crippen LogP contribution in [0.4, 0.5) is 13.2 Å². The molecule has 0 aliphatic heterocycles. The Balaban J connectivity index is 2.84. The Morgan fingerprint density at radius 3 is 2.43 bits per heavy atom. The molecule has 0 aliphatic rings. The van der Waals surface area contributed by atoms with E-state index in [2.05, 4.69) is 4.98 Å². The Labute approximate surface area is 82.5 Å².